The van der Waals surface area contributed by atoms with E-state index in [1.165, 1.54) is 4.90 Å². The zero-order chi connectivity index (χ0) is 18.0. The summed E-state index contributed by atoms with van der Waals surface area (Å²) in [5, 5.41) is 0. The van der Waals surface area contributed by atoms with E-state index in [4.69, 9.17) is 11.3 Å². The third-order valence-electron chi connectivity index (χ3n) is 4.03. The van der Waals surface area contributed by atoms with Gasteiger partial charge in [0.15, 0.2) is 5.78 Å². The highest BCUT2D eigenvalue weighted by molar-refractivity contribution is 5.99. The number of amides is 1. The summed E-state index contributed by atoms with van der Waals surface area (Å²) in [5.41, 5.74) is 0.369. The Balaban J connectivity index is 2.22. The number of hydrogen-bond acceptors (Lipinski definition) is 3. The van der Waals surface area contributed by atoms with Crippen LogP contribution in [0.3, 0.4) is 0 Å². The molecule has 24 heavy (non-hydrogen) atoms. The quantitative estimate of drug-likeness (QED) is 0.609. The Labute approximate surface area is 143 Å². The van der Waals surface area contributed by atoms with Crippen LogP contribution in [0.5, 0.6) is 0 Å². The highest BCUT2D eigenvalue weighted by Crippen LogP contribution is 2.43. The predicted molar refractivity (Wildman–Crippen MR) is 91.9 cm³/mol. The molecule has 0 N–H and O–H groups in total. The minimum absolute atomic E-state index is 0.0616. The van der Waals surface area contributed by atoms with Gasteiger partial charge in [0, 0.05) is 5.56 Å². The maximum Gasteiger partial charge on any atom is 0.411 e. The van der Waals surface area contributed by atoms with Crippen LogP contribution in [0.15, 0.2) is 24.3 Å². The van der Waals surface area contributed by atoms with Crippen molar-refractivity contribution in [3.8, 4) is 0 Å². The van der Waals surface area contributed by atoms with Crippen LogP contribution in [-0.2, 0) is 4.74 Å². The van der Waals surface area contributed by atoms with E-state index in [0.717, 1.165) is 18.4 Å². The second kappa shape index (κ2) is 6.64. The van der Waals surface area contributed by atoms with Crippen molar-refractivity contribution in [1.82, 2.24) is 4.90 Å². The summed E-state index contributed by atoms with van der Waals surface area (Å²) in [4.78, 5) is 30.1. The highest BCUT2D eigenvalue weighted by Gasteiger charge is 2.55. The number of carbonyl (C=O) groups excluding carboxylic acids is 2. The number of hydrogen-bond donors (Lipinski definition) is 0. The molecule has 2 rings (SSSR count). The summed E-state index contributed by atoms with van der Waals surface area (Å²) >= 11 is 0. The number of rotatable bonds is 5. The third-order valence-corrected chi connectivity index (χ3v) is 4.03. The lowest BCUT2D eigenvalue weighted by Crippen LogP contribution is -2.48. The SMILES string of the molecule is [C-]#[N+]CC1(N(CC(=O)c2cccc(C)c2)C(=O)OC(C)(C)C)CC1. The van der Waals surface area contributed by atoms with E-state index in [-0.39, 0.29) is 18.9 Å². The van der Waals surface area contributed by atoms with Gasteiger partial charge < -0.3 is 9.58 Å². The molecule has 0 atom stereocenters. The molecule has 0 saturated heterocycles. The lowest BCUT2D eigenvalue weighted by atomic mass is 10.1. The molecule has 0 bridgehead atoms. The Kier molecular flexibility index (Phi) is 4.98. The number of carbonyl (C=O) groups is 2. The average molecular weight is 328 g/mol. The molecule has 5 nitrogen and oxygen atoms in total. The Bertz CT molecular complexity index is 679. The number of Topliss-reactive ketones (excluding diaryl/α,β-unsaturated/α-hetero) is 1. The van der Waals surface area contributed by atoms with Crippen LogP contribution in [0.25, 0.3) is 4.85 Å². The summed E-state index contributed by atoms with van der Waals surface area (Å²) in [6.07, 6.45) is 0.940. The topological polar surface area (TPSA) is 51.0 Å². The minimum Gasteiger partial charge on any atom is -0.444 e. The fraction of sp³-hybridized carbons (Fsp3) is 0.526. The van der Waals surface area contributed by atoms with E-state index in [9.17, 15) is 9.59 Å². The molecular formula is C19H24N2O3. The van der Waals surface area contributed by atoms with Crippen molar-refractivity contribution in [2.45, 2.75) is 51.7 Å². The fourth-order valence-electron chi connectivity index (χ4n) is 2.60. The molecule has 0 spiro atoms. The first-order valence-corrected chi connectivity index (χ1v) is 8.11. The van der Waals surface area contributed by atoms with E-state index < -0.39 is 17.2 Å². The van der Waals surface area contributed by atoms with Gasteiger partial charge in [0.2, 0.25) is 6.54 Å². The number of ether oxygens (including phenoxy) is 1. The molecule has 1 aromatic rings. The van der Waals surface area contributed by atoms with Crippen LogP contribution in [0.1, 0.15) is 49.5 Å². The monoisotopic (exact) mass is 328 g/mol. The summed E-state index contributed by atoms with van der Waals surface area (Å²) < 4.78 is 5.46. The van der Waals surface area contributed by atoms with Gasteiger partial charge in [0.05, 0.1) is 6.54 Å². The van der Waals surface area contributed by atoms with Crippen molar-refractivity contribution >= 4 is 11.9 Å². The van der Waals surface area contributed by atoms with E-state index >= 15 is 0 Å². The van der Waals surface area contributed by atoms with Crippen LogP contribution in [0, 0.1) is 13.5 Å². The fourth-order valence-corrected chi connectivity index (χ4v) is 2.60. The van der Waals surface area contributed by atoms with Gasteiger partial charge in [-0.2, -0.15) is 0 Å². The Morgan fingerprint density at radius 3 is 2.50 bits per heavy atom. The summed E-state index contributed by atoms with van der Waals surface area (Å²) in [5.74, 6) is -0.138. The van der Waals surface area contributed by atoms with Crippen molar-refractivity contribution in [2.75, 3.05) is 13.1 Å². The molecule has 1 saturated carbocycles. The van der Waals surface area contributed by atoms with Gasteiger partial charge in [-0.05, 0) is 46.6 Å². The van der Waals surface area contributed by atoms with E-state index in [2.05, 4.69) is 4.85 Å². The lowest BCUT2D eigenvalue weighted by molar-refractivity contribution is 0.0147. The van der Waals surface area contributed by atoms with Gasteiger partial charge in [0.25, 0.3) is 0 Å². The summed E-state index contributed by atoms with van der Waals surface area (Å²) in [6.45, 7) is 14.6. The Morgan fingerprint density at radius 1 is 1.33 bits per heavy atom. The average Bonchev–Trinajstić information content (AvgIpc) is 3.23. The zero-order valence-electron chi connectivity index (χ0n) is 14.8. The first-order valence-electron chi connectivity index (χ1n) is 8.11. The van der Waals surface area contributed by atoms with Crippen molar-refractivity contribution in [2.24, 2.45) is 0 Å². The van der Waals surface area contributed by atoms with Crippen LogP contribution in [-0.4, -0.2) is 41.0 Å². The van der Waals surface area contributed by atoms with Gasteiger partial charge in [-0.25, -0.2) is 11.4 Å². The number of nitrogens with zero attached hydrogens (tertiary/aromatic N) is 2. The number of ketones is 1. The van der Waals surface area contributed by atoms with Crippen LogP contribution in [0.2, 0.25) is 0 Å². The first kappa shape index (κ1) is 18.0. The molecule has 128 valence electrons. The highest BCUT2D eigenvalue weighted by atomic mass is 16.6. The Morgan fingerprint density at radius 2 is 2.00 bits per heavy atom. The summed E-state index contributed by atoms with van der Waals surface area (Å²) in [6, 6.07) is 7.30. The largest absolute Gasteiger partial charge is 0.444 e. The van der Waals surface area contributed by atoms with Crippen LogP contribution in [0.4, 0.5) is 4.79 Å². The molecule has 1 aromatic carbocycles. The van der Waals surface area contributed by atoms with Crippen LogP contribution >= 0.6 is 0 Å². The van der Waals surface area contributed by atoms with Gasteiger partial charge in [-0.15, -0.1) is 0 Å². The van der Waals surface area contributed by atoms with E-state index in [0.29, 0.717) is 5.56 Å². The van der Waals surface area contributed by atoms with E-state index in [1.807, 2.05) is 25.1 Å². The van der Waals surface area contributed by atoms with Gasteiger partial charge in [0.1, 0.15) is 11.1 Å². The normalized spacial score (nSPS) is 15.3. The molecule has 5 heteroatoms. The molecule has 0 radical (unpaired) electrons. The summed E-state index contributed by atoms with van der Waals surface area (Å²) in [7, 11) is 0. The maximum atomic E-state index is 12.6. The standard InChI is InChI=1S/C19H24N2O3/c1-14-7-6-8-15(11-14)16(22)12-21(17(23)24-18(2,3)4)19(9-10-19)13-20-5/h6-8,11H,9-10,12-13H2,1-4H3. The first-order chi connectivity index (χ1) is 11.2. The molecule has 0 unspecified atom stereocenters. The van der Waals surface area contributed by atoms with E-state index in [1.54, 1.807) is 26.8 Å². The molecule has 0 aromatic heterocycles. The second-order valence-electron chi connectivity index (χ2n) is 7.40. The molecule has 0 heterocycles. The smallest absolute Gasteiger partial charge is 0.411 e. The lowest BCUT2D eigenvalue weighted by Gasteiger charge is -2.31. The number of aryl methyl sites for hydroxylation is 1. The van der Waals surface area contributed by atoms with Gasteiger partial charge in [-0.3, -0.25) is 9.69 Å². The predicted octanol–water partition coefficient (Wildman–Crippen LogP) is 3.87. The van der Waals surface area contributed by atoms with Crippen molar-refractivity contribution in [3.63, 3.8) is 0 Å². The molecular weight excluding hydrogens is 304 g/mol. The zero-order valence-corrected chi connectivity index (χ0v) is 14.8. The third kappa shape index (κ3) is 4.35. The second-order valence-corrected chi connectivity index (χ2v) is 7.40. The van der Waals surface area contributed by atoms with Crippen LogP contribution < -0.4 is 0 Å². The van der Waals surface area contributed by atoms with Gasteiger partial charge in [-0.1, -0.05) is 23.8 Å². The molecule has 1 aliphatic rings. The van der Waals surface area contributed by atoms with Gasteiger partial charge >= 0.3 is 6.09 Å². The number of benzene rings is 1. The molecule has 1 aliphatic carbocycles. The molecule has 0 aliphatic heterocycles. The van der Waals surface area contributed by atoms with Crippen molar-refractivity contribution in [3.05, 3.63) is 46.8 Å². The maximum absolute atomic E-state index is 12.6. The molecule has 1 amide bonds. The van der Waals surface area contributed by atoms with Crippen molar-refractivity contribution < 1.29 is 14.3 Å². The minimum atomic E-state index is -0.643. The van der Waals surface area contributed by atoms with Crippen molar-refractivity contribution in [1.29, 1.82) is 0 Å². The molecule has 1 fully saturated rings. The Hall–Kier alpha value is -2.35.